The molecule has 8 heteroatoms. The molecular weight excluding hydrogens is 336 g/mol. The third-order valence-electron chi connectivity index (χ3n) is 4.29. The number of amides is 2. The lowest BCUT2D eigenvalue weighted by Gasteiger charge is -2.17. The Kier molecular flexibility index (Phi) is 4.00. The van der Waals surface area contributed by atoms with Crippen molar-refractivity contribution in [2.24, 2.45) is 0 Å². The normalized spacial score (nSPS) is 16.9. The van der Waals surface area contributed by atoms with Gasteiger partial charge in [0.25, 0.3) is 5.91 Å². The zero-order chi connectivity index (χ0) is 18.1. The van der Waals surface area contributed by atoms with Crippen LogP contribution >= 0.6 is 0 Å². The molecule has 132 valence electrons. The Morgan fingerprint density at radius 2 is 2.23 bits per heavy atom. The summed E-state index contributed by atoms with van der Waals surface area (Å²) >= 11 is 0. The third-order valence-corrected chi connectivity index (χ3v) is 4.29. The Morgan fingerprint density at radius 1 is 1.35 bits per heavy atom. The van der Waals surface area contributed by atoms with Gasteiger partial charge >= 0.3 is 0 Å². The van der Waals surface area contributed by atoms with Crippen LogP contribution in [0.3, 0.4) is 0 Å². The van der Waals surface area contributed by atoms with Crippen molar-refractivity contribution in [3.63, 3.8) is 0 Å². The molecule has 1 atom stereocenters. The molecule has 3 heterocycles. The van der Waals surface area contributed by atoms with Crippen molar-refractivity contribution >= 4 is 28.5 Å². The molecule has 0 spiro atoms. The summed E-state index contributed by atoms with van der Waals surface area (Å²) in [5.41, 5.74) is 1.11. The SMILES string of the molecule is COc1cccc(N2CC(NC(=O)c3onc4ncccc34)CC2=O)c1. The summed E-state index contributed by atoms with van der Waals surface area (Å²) in [6, 6.07) is 10.4. The van der Waals surface area contributed by atoms with E-state index < -0.39 is 5.91 Å². The van der Waals surface area contributed by atoms with Gasteiger partial charge in [0.2, 0.25) is 17.3 Å². The van der Waals surface area contributed by atoms with Crippen LogP contribution in [0.5, 0.6) is 5.75 Å². The van der Waals surface area contributed by atoms with Crippen molar-refractivity contribution in [1.29, 1.82) is 0 Å². The molecule has 0 radical (unpaired) electrons. The maximum Gasteiger partial charge on any atom is 0.290 e. The molecule has 0 aliphatic carbocycles. The van der Waals surface area contributed by atoms with E-state index >= 15 is 0 Å². The second kappa shape index (κ2) is 6.47. The highest BCUT2D eigenvalue weighted by atomic mass is 16.5. The molecule has 1 aliphatic rings. The highest BCUT2D eigenvalue weighted by Gasteiger charge is 2.33. The first kappa shape index (κ1) is 16.1. The Balaban J connectivity index is 1.49. The van der Waals surface area contributed by atoms with E-state index in [1.54, 1.807) is 36.4 Å². The van der Waals surface area contributed by atoms with E-state index in [1.165, 1.54) is 0 Å². The Labute approximate surface area is 148 Å². The van der Waals surface area contributed by atoms with Gasteiger partial charge in [0.1, 0.15) is 5.75 Å². The number of nitrogens with one attached hydrogen (secondary N) is 1. The number of nitrogens with zero attached hydrogens (tertiary/aromatic N) is 3. The zero-order valence-electron chi connectivity index (χ0n) is 14.0. The van der Waals surface area contributed by atoms with Gasteiger partial charge in [0.15, 0.2) is 0 Å². The van der Waals surface area contributed by atoms with Crippen LogP contribution in [0.15, 0.2) is 47.1 Å². The average molecular weight is 352 g/mol. The molecule has 1 saturated heterocycles. The molecule has 8 nitrogen and oxygen atoms in total. The predicted molar refractivity (Wildman–Crippen MR) is 93.0 cm³/mol. The van der Waals surface area contributed by atoms with Gasteiger partial charge in [-0.05, 0) is 24.3 Å². The number of anilines is 1. The first-order valence-electron chi connectivity index (χ1n) is 8.11. The van der Waals surface area contributed by atoms with E-state index in [2.05, 4.69) is 15.5 Å². The van der Waals surface area contributed by atoms with E-state index in [0.717, 1.165) is 5.69 Å². The first-order chi connectivity index (χ1) is 12.7. The van der Waals surface area contributed by atoms with Crippen LogP contribution in [0.25, 0.3) is 11.0 Å². The number of hydrogen-bond donors (Lipinski definition) is 1. The molecule has 1 aromatic carbocycles. The van der Waals surface area contributed by atoms with Crippen molar-refractivity contribution in [3.05, 3.63) is 48.4 Å². The monoisotopic (exact) mass is 352 g/mol. The number of hydrogen-bond acceptors (Lipinski definition) is 6. The number of benzene rings is 1. The summed E-state index contributed by atoms with van der Waals surface area (Å²) in [7, 11) is 1.57. The summed E-state index contributed by atoms with van der Waals surface area (Å²) in [4.78, 5) is 30.5. The van der Waals surface area contributed by atoms with Gasteiger partial charge in [0.05, 0.1) is 18.5 Å². The fourth-order valence-corrected chi connectivity index (χ4v) is 3.03. The molecular formula is C18H16N4O4. The average Bonchev–Trinajstić information content (AvgIpc) is 3.25. The van der Waals surface area contributed by atoms with Crippen molar-refractivity contribution in [1.82, 2.24) is 15.5 Å². The number of fused-ring (bicyclic) bond motifs is 1. The minimum Gasteiger partial charge on any atom is -0.497 e. The predicted octanol–water partition coefficient (Wildman–Crippen LogP) is 1.77. The number of aromatic nitrogens is 2. The summed E-state index contributed by atoms with van der Waals surface area (Å²) < 4.78 is 10.3. The number of carbonyl (C=O) groups is 2. The lowest BCUT2D eigenvalue weighted by atomic mass is 10.2. The highest BCUT2D eigenvalue weighted by molar-refractivity contribution is 6.04. The van der Waals surface area contributed by atoms with Gasteiger partial charge in [-0.3, -0.25) is 9.59 Å². The second-order valence-corrected chi connectivity index (χ2v) is 5.97. The van der Waals surface area contributed by atoms with Gasteiger partial charge < -0.3 is 19.5 Å². The molecule has 4 rings (SSSR count). The van der Waals surface area contributed by atoms with Crippen molar-refractivity contribution < 1.29 is 18.8 Å². The van der Waals surface area contributed by atoms with Gasteiger partial charge in [-0.25, -0.2) is 4.98 Å². The van der Waals surface area contributed by atoms with Crippen LogP contribution in [0.4, 0.5) is 5.69 Å². The molecule has 0 saturated carbocycles. The Bertz CT molecular complexity index is 984. The van der Waals surface area contributed by atoms with Crippen LogP contribution in [-0.2, 0) is 4.79 Å². The van der Waals surface area contributed by atoms with Crippen molar-refractivity contribution in [2.75, 3.05) is 18.6 Å². The number of methoxy groups -OCH3 is 1. The molecule has 2 amide bonds. The maximum atomic E-state index is 12.5. The number of rotatable bonds is 4. The van der Waals surface area contributed by atoms with Crippen LogP contribution in [0.2, 0.25) is 0 Å². The van der Waals surface area contributed by atoms with E-state index in [9.17, 15) is 9.59 Å². The zero-order valence-corrected chi connectivity index (χ0v) is 14.0. The Hall–Kier alpha value is -3.42. The first-order valence-corrected chi connectivity index (χ1v) is 8.11. The van der Waals surface area contributed by atoms with Gasteiger partial charge in [-0.2, -0.15) is 0 Å². The molecule has 2 aromatic heterocycles. The molecule has 26 heavy (non-hydrogen) atoms. The summed E-state index contributed by atoms with van der Waals surface area (Å²) in [5, 5.41) is 7.15. The second-order valence-electron chi connectivity index (χ2n) is 5.97. The van der Waals surface area contributed by atoms with Crippen LogP contribution in [0, 0.1) is 0 Å². The third kappa shape index (κ3) is 2.85. The van der Waals surface area contributed by atoms with Crippen LogP contribution < -0.4 is 15.0 Å². The smallest absolute Gasteiger partial charge is 0.290 e. The van der Waals surface area contributed by atoms with Crippen LogP contribution in [-0.4, -0.2) is 41.7 Å². The number of pyridine rings is 1. The fraction of sp³-hybridized carbons (Fsp3) is 0.222. The van der Waals surface area contributed by atoms with Crippen molar-refractivity contribution in [2.45, 2.75) is 12.5 Å². The van der Waals surface area contributed by atoms with E-state index in [4.69, 9.17) is 9.26 Å². The topological polar surface area (TPSA) is 97.6 Å². The van der Waals surface area contributed by atoms with Crippen LogP contribution in [0.1, 0.15) is 17.0 Å². The summed E-state index contributed by atoms with van der Waals surface area (Å²) in [5.74, 6) is 0.294. The van der Waals surface area contributed by atoms with Gasteiger partial charge in [-0.15, -0.1) is 0 Å². The van der Waals surface area contributed by atoms with Gasteiger partial charge in [-0.1, -0.05) is 11.2 Å². The fourth-order valence-electron chi connectivity index (χ4n) is 3.03. The summed E-state index contributed by atoms with van der Waals surface area (Å²) in [6.45, 7) is 0.377. The largest absolute Gasteiger partial charge is 0.497 e. The van der Waals surface area contributed by atoms with Crippen molar-refractivity contribution in [3.8, 4) is 5.75 Å². The lowest BCUT2D eigenvalue weighted by molar-refractivity contribution is -0.117. The van der Waals surface area contributed by atoms with Gasteiger partial charge in [0, 0.05) is 30.9 Å². The lowest BCUT2D eigenvalue weighted by Crippen LogP contribution is -2.37. The molecule has 3 aromatic rings. The quantitative estimate of drug-likeness (QED) is 0.768. The van der Waals surface area contributed by atoms with E-state index in [-0.39, 0.29) is 24.1 Å². The standard InChI is InChI=1S/C18H16N4O4/c1-25-13-5-2-4-12(9-13)22-10-11(8-15(22)23)20-18(24)16-14-6-3-7-19-17(14)21-26-16/h2-7,9,11H,8,10H2,1H3,(H,20,24). The van der Waals surface area contributed by atoms with E-state index in [1.807, 2.05) is 18.2 Å². The minimum atomic E-state index is -0.411. The molecule has 1 unspecified atom stereocenters. The molecule has 0 bridgehead atoms. The number of ether oxygens (including phenoxy) is 1. The molecule has 1 N–H and O–H groups in total. The number of carbonyl (C=O) groups excluding carboxylic acids is 2. The highest BCUT2D eigenvalue weighted by Crippen LogP contribution is 2.26. The molecule has 1 fully saturated rings. The minimum absolute atomic E-state index is 0.0624. The maximum absolute atomic E-state index is 12.5. The molecule has 1 aliphatic heterocycles. The van der Waals surface area contributed by atoms with E-state index in [0.29, 0.717) is 23.3 Å². The summed E-state index contributed by atoms with van der Waals surface area (Å²) in [6.07, 6.45) is 1.79. The Morgan fingerprint density at radius 3 is 3.08 bits per heavy atom.